The predicted molar refractivity (Wildman–Crippen MR) is 56.8 cm³/mol. The minimum atomic E-state index is 0.526. The van der Waals surface area contributed by atoms with Crippen LogP contribution in [0.3, 0.4) is 0 Å². The van der Waals surface area contributed by atoms with Crippen molar-refractivity contribution < 1.29 is 0 Å². The molecule has 4 heteroatoms. The van der Waals surface area contributed by atoms with Crippen LogP contribution in [-0.4, -0.2) is 15.2 Å². The molecule has 0 atom stereocenters. The standard InChI is InChI=1S/C10H14N4/c1-6(2)3-7-4-8-9(11)13-14-10(8)12-5-7/h4-6H,3H2,1-2H3,(H3,11,12,13,14). The van der Waals surface area contributed by atoms with Crippen molar-refractivity contribution in [2.75, 3.05) is 5.73 Å². The van der Waals surface area contributed by atoms with E-state index in [1.165, 1.54) is 5.56 Å². The third-order valence-electron chi connectivity index (χ3n) is 2.15. The number of anilines is 1. The molecule has 74 valence electrons. The van der Waals surface area contributed by atoms with Gasteiger partial charge >= 0.3 is 0 Å². The highest BCUT2D eigenvalue weighted by Gasteiger charge is 2.05. The van der Waals surface area contributed by atoms with E-state index in [1.54, 1.807) is 0 Å². The van der Waals surface area contributed by atoms with E-state index in [4.69, 9.17) is 5.73 Å². The van der Waals surface area contributed by atoms with Crippen molar-refractivity contribution in [1.29, 1.82) is 0 Å². The van der Waals surface area contributed by atoms with Crippen LogP contribution in [0, 0.1) is 5.92 Å². The van der Waals surface area contributed by atoms with Crippen LogP contribution >= 0.6 is 0 Å². The summed E-state index contributed by atoms with van der Waals surface area (Å²) in [5.74, 6) is 1.15. The number of rotatable bonds is 2. The van der Waals surface area contributed by atoms with Crippen molar-refractivity contribution in [3.63, 3.8) is 0 Å². The molecule has 2 aromatic rings. The average Bonchev–Trinajstić information content (AvgIpc) is 2.47. The van der Waals surface area contributed by atoms with Crippen molar-refractivity contribution in [2.45, 2.75) is 20.3 Å². The van der Waals surface area contributed by atoms with Gasteiger partial charge in [0.2, 0.25) is 0 Å². The Morgan fingerprint density at radius 3 is 3.00 bits per heavy atom. The number of fused-ring (bicyclic) bond motifs is 1. The van der Waals surface area contributed by atoms with E-state index in [2.05, 4.69) is 35.1 Å². The minimum absolute atomic E-state index is 0.526. The van der Waals surface area contributed by atoms with Gasteiger partial charge in [-0.1, -0.05) is 13.8 Å². The first-order valence-electron chi connectivity index (χ1n) is 4.75. The second-order valence-corrected chi connectivity index (χ2v) is 3.95. The van der Waals surface area contributed by atoms with E-state index in [-0.39, 0.29) is 0 Å². The Labute approximate surface area is 82.5 Å². The lowest BCUT2D eigenvalue weighted by molar-refractivity contribution is 0.646. The van der Waals surface area contributed by atoms with E-state index in [0.29, 0.717) is 11.7 Å². The monoisotopic (exact) mass is 190 g/mol. The number of pyridine rings is 1. The zero-order chi connectivity index (χ0) is 10.1. The molecule has 2 aromatic heterocycles. The van der Waals surface area contributed by atoms with Crippen molar-refractivity contribution in [1.82, 2.24) is 15.2 Å². The Balaban J connectivity index is 2.44. The topological polar surface area (TPSA) is 67.6 Å². The van der Waals surface area contributed by atoms with E-state index >= 15 is 0 Å². The molecule has 0 aromatic carbocycles. The highest BCUT2D eigenvalue weighted by molar-refractivity contribution is 5.85. The fraction of sp³-hybridized carbons (Fsp3) is 0.400. The quantitative estimate of drug-likeness (QED) is 0.757. The van der Waals surface area contributed by atoms with Crippen LogP contribution in [0.2, 0.25) is 0 Å². The molecule has 0 aliphatic carbocycles. The Hall–Kier alpha value is -1.58. The average molecular weight is 190 g/mol. The number of hydrogen-bond acceptors (Lipinski definition) is 3. The zero-order valence-electron chi connectivity index (χ0n) is 8.41. The summed E-state index contributed by atoms with van der Waals surface area (Å²) in [5.41, 5.74) is 7.66. The highest BCUT2D eigenvalue weighted by Crippen LogP contribution is 2.18. The van der Waals surface area contributed by atoms with Gasteiger partial charge in [-0.3, -0.25) is 5.10 Å². The molecule has 14 heavy (non-hydrogen) atoms. The molecule has 3 N–H and O–H groups in total. The third-order valence-corrected chi connectivity index (χ3v) is 2.15. The summed E-state index contributed by atoms with van der Waals surface area (Å²) in [7, 11) is 0. The van der Waals surface area contributed by atoms with Crippen LogP contribution in [0.4, 0.5) is 5.82 Å². The lowest BCUT2D eigenvalue weighted by Crippen LogP contribution is -1.95. The number of hydrogen-bond donors (Lipinski definition) is 2. The summed E-state index contributed by atoms with van der Waals surface area (Å²) in [5, 5.41) is 7.61. The number of nitrogens with two attached hydrogens (primary N) is 1. The first-order chi connectivity index (χ1) is 6.66. The molecule has 0 spiro atoms. The molecule has 2 rings (SSSR count). The largest absolute Gasteiger partial charge is 0.382 e. The van der Waals surface area contributed by atoms with Gasteiger partial charge < -0.3 is 5.73 Å². The summed E-state index contributed by atoms with van der Waals surface area (Å²) in [6.45, 7) is 4.37. The Morgan fingerprint density at radius 2 is 2.29 bits per heavy atom. The molecular weight excluding hydrogens is 176 g/mol. The normalized spacial score (nSPS) is 11.4. The van der Waals surface area contributed by atoms with Crippen LogP contribution in [0.1, 0.15) is 19.4 Å². The van der Waals surface area contributed by atoms with Crippen LogP contribution in [-0.2, 0) is 6.42 Å². The molecule has 0 amide bonds. The van der Waals surface area contributed by atoms with E-state index < -0.39 is 0 Å². The summed E-state index contributed by atoms with van der Waals surface area (Å²) < 4.78 is 0. The summed E-state index contributed by atoms with van der Waals surface area (Å²) in [6.07, 6.45) is 2.90. The van der Waals surface area contributed by atoms with Gasteiger partial charge in [-0.2, -0.15) is 5.10 Å². The zero-order valence-corrected chi connectivity index (χ0v) is 8.41. The maximum atomic E-state index is 5.69. The number of nitrogens with zero attached hydrogens (tertiary/aromatic N) is 2. The molecule has 0 aliphatic rings. The molecule has 0 bridgehead atoms. The first kappa shape index (κ1) is 8.99. The third kappa shape index (κ3) is 1.55. The van der Waals surface area contributed by atoms with Gasteiger partial charge in [0.15, 0.2) is 11.5 Å². The second-order valence-electron chi connectivity index (χ2n) is 3.95. The van der Waals surface area contributed by atoms with Crippen LogP contribution in [0.5, 0.6) is 0 Å². The molecule has 2 heterocycles. The molecule has 4 nitrogen and oxygen atoms in total. The summed E-state index contributed by atoms with van der Waals surface area (Å²) in [6, 6.07) is 2.06. The van der Waals surface area contributed by atoms with Crippen LogP contribution in [0.25, 0.3) is 11.0 Å². The molecule has 0 aliphatic heterocycles. The fourth-order valence-corrected chi connectivity index (χ4v) is 1.55. The van der Waals surface area contributed by atoms with Crippen molar-refractivity contribution in [2.24, 2.45) is 5.92 Å². The maximum Gasteiger partial charge on any atom is 0.157 e. The van der Waals surface area contributed by atoms with E-state index in [9.17, 15) is 0 Å². The fourth-order valence-electron chi connectivity index (χ4n) is 1.55. The van der Waals surface area contributed by atoms with Gasteiger partial charge in [-0.25, -0.2) is 4.98 Å². The van der Waals surface area contributed by atoms with Gasteiger partial charge in [0, 0.05) is 6.20 Å². The lowest BCUT2D eigenvalue weighted by atomic mass is 10.0. The minimum Gasteiger partial charge on any atom is -0.382 e. The van der Waals surface area contributed by atoms with Crippen molar-refractivity contribution in [3.8, 4) is 0 Å². The molecule has 0 radical (unpaired) electrons. The lowest BCUT2D eigenvalue weighted by Gasteiger charge is -2.03. The summed E-state index contributed by atoms with van der Waals surface area (Å²) >= 11 is 0. The van der Waals surface area contributed by atoms with Gasteiger partial charge in [-0.15, -0.1) is 0 Å². The van der Waals surface area contributed by atoms with Gasteiger partial charge in [0.25, 0.3) is 0 Å². The Bertz CT molecular complexity index is 444. The van der Waals surface area contributed by atoms with E-state index in [1.807, 2.05) is 6.20 Å². The molecule has 0 saturated heterocycles. The summed E-state index contributed by atoms with van der Waals surface area (Å²) in [4.78, 5) is 4.26. The number of aromatic nitrogens is 3. The van der Waals surface area contributed by atoms with Crippen molar-refractivity contribution in [3.05, 3.63) is 17.8 Å². The molecule has 0 fully saturated rings. The number of H-pyrrole nitrogens is 1. The molecule has 0 unspecified atom stereocenters. The number of nitrogens with one attached hydrogen (secondary N) is 1. The number of nitrogen functional groups attached to an aromatic ring is 1. The Kier molecular flexibility index (Phi) is 2.11. The molecular formula is C10H14N4. The molecule has 0 saturated carbocycles. The first-order valence-corrected chi connectivity index (χ1v) is 4.75. The number of aromatic amines is 1. The maximum absolute atomic E-state index is 5.69. The smallest absolute Gasteiger partial charge is 0.157 e. The SMILES string of the molecule is CC(C)Cc1cnc2[nH]nc(N)c2c1. The van der Waals surface area contributed by atoms with Gasteiger partial charge in [0.05, 0.1) is 5.39 Å². The van der Waals surface area contributed by atoms with Crippen LogP contribution in [0.15, 0.2) is 12.3 Å². The van der Waals surface area contributed by atoms with Gasteiger partial charge in [0.1, 0.15) is 0 Å². The van der Waals surface area contributed by atoms with Crippen LogP contribution < -0.4 is 5.73 Å². The van der Waals surface area contributed by atoms with E-state index in [0.717, 1.165) is 17.5 Å². The highest BCUT2D eigenvalue weighted by atomic mass is 15.2. The van der Waals surface area contributed by atoms with Crippen molar-refractivity contribution >= 4 is 16.9 Å². The second kappa shape index (κ2) is 3.29. The predicted octanol–water partition coefficient (Wildman–Crippen LogP) is 1.74. The van der Waals surface area contributed by atoms with Gasteiger partial charge in [-0.05, 0) is 24.0 Å². The Morgan fingerprint density at radius 1 is 1.50 bits per heavy atom.